The minimum atomic E-state index is -0.313. The highest BCUT2D eigenvalue weighted by atomic mass is 16.5. The summed E-state index contributed by atoms with van der Waals surface area (Å²) in [6.07, 6.45) is 3.30. The Morgan fingerprint density at radius 1 is 1.38 bits per heavy atom. The highest BCUT2D eigenvalue weighted by Crippen LogP contribution is 2.14. The predicted molar refractivity (Wildman–Crippen MR) is 61.6 cm³/mol. The van der Waals surface area contributed by atoms with Crippen LogP contribution in [0.1, 0.15) is 26.7 Å². The minimum absolute atomic E-state index is 0.302. The lowest BCUT2D eigenvalue weighted by Crippen LogP contribution is -2.44. The number of hydrogen-bond donors (Lipinski definition) is 1. The van der Waals surface area contributed by atoms with E-state index in [0.717, 1.165) is 12.8 Å². The molecule has 0 saturated carbocycles. The number of rotatable bonds is 6. The van der Waals surface area contributed by atoms with Crippen molar-refractivity contribution in [2.75, 3.05) is 13.7 Å². The summed E-state index contributed by atoms with van der Waals surface area (Å²) < 4.78 is 10.4. The third-order valence-corrected chi connectivity index (χ3v) is 2.71. The highest BCUT2D eigenvalue weighted by molar-refractivity contribution is 5.10. The largest absolute Gasteiger partial charge is 0.481 e. The normalized spacial score (nSPS) is 11.2. The number of aromatic nitrogens is 2. The van der Waals surface area contributed by atoms with Gasteiger partial charge in [0.25, 0.3) is 0 Å². The van der Waals surface area contributed by atoms with E-state index in [2.05, 4.69) is 9.97 Å². The van der Waals surface area contributed by atoms with Crippen molar-refractivity contribution in [3.8, 4) is 11.9 Å². The van der Waals surface area contributed by atoms with Crippen LogP contribution >= 0.6 is 0 Å². The average Bonchev–Trinajstić information content (AvgIpc) is 2.36. The van der Waals surface area contributed by atoms with Crippen LogP contribution < -0.4 is 15.2 Å². The molecule has 0 aliphatic carbocycles. The summed E-state index contributed by atoms with van der Waals surface area (Å²) >= 11 is 0. The maximum Gasteiger partial charge on any atom is 0.319 e. The number of nitrogens with two attached hydrogens (primary N) is 1. The Balaban J connectivity index is 2.60. The zero-order valence-electron chi connectivity index (χ0n) is 10.1. The maximum absolute atomic E-state index is 6.10. The molecular formula is C11H19N3O2. The number of nitrogens with zero attached hydrogens (tertiary/aromatic N) is 2. The van der Waals surface area contributed by atoms with E-state index in [1.165, 1.54) is 0 Å². The van der Waals surface area contributed by atoms with Crippen molar-refractivity contribution in [2.45, 2.75) is 32.2 Å². The second-order valence-electron chi connectivity index (χ2n) is 3.74. The van der Waals surface area contributed by atoms with Gasteiger partial charge in [-0.3, -0.25) is 0 Å². The molecular weight excluding hydrogens is 206 g/mol. The van der Waals surface area contributed by atoms with Crippen LogP contribution in [-0.2, 0) is 0 Å². The van der Waals surface area contributed by atoms with Crippen molar-refractivity contribution < 1.29 is 9.47 Å². The van der Waals surface area contributed by atoms with E-state index >= 15 is 0 Å². The molecule has 0 fully saturated rings. The van der Waals surface area contributed by atoms with Crippen LogP contribution in [0.5, 0.6) is 11.9 Å². The van der Waals surface area contributed by atoms with Gasteiger partial charge in [0.05, 0.1) is 7.11 Å². The highest BCUT2D eigenvalue weighted by Gasteiger charge is 2.21. The molecule has 5 nitrogen and oxygen atoms in total. The molecule has 5 heteroatoms. The smallest absolute Gasteiger partial charge is 0.319 e. The molecule has 0 aromatic carbocycles. The summed E-state index contributed by atoms with van der Waals surface area (Å²) in [7, 11) is 1.55. The second-order valence-corrected chi connectivity index (χ2v) is 3.74. The van der Waals surface area contributed by atoms with Crippen LogP contribution in [0.3, 0.4) is 0 Å². The van der Waals surface area contributed by atoms with E-state index < -0.39 is 0 Å². The summed E-state index contributed by atoms with van der Waals surface area (Å²) in [6.45, 7) is 4.49. The molecule has 0 spiro atoms. The quantitative estimate of drug-likeness (QED) is 0.792. The molecule has 0 radical (unpaired) electrons. The van der Waals surface area contributed by atoms with Crippen molar-refractivity contribution >= 4 is 0 Å². The van der Waals surface area contributed by atoms with Gasteiger partial charge in [-0.15, -0.1) is 0 Å². The molecule has 2 N–H and O–H groups in total. The molecule has 16 heavy (non-hydrogen) atoms. The van der Waals surface area contributed by atoms with E-state index in [1.807, 2.05) is 13.8 Å². The van der Waals surface area contributed by atoms with Gasteiger partial charge in [0.2, 0.25) is 5.88 Å². The zero-order chi connectivity index (χ0) is 12.0. The van der Waals surface area contributed by atoms with E-state index in [-0.39, 0.29) is 5.54 Å². The van der Waals surface area contributed by atoms with E-state index in [4.69, 9.17) is 15.2 Å². The van der Waals surface area contributed by atoms with Crippen LogP contribution in [0.2, 0.25) is 0 Å². The van der Waals surface area contributed by atoms with Gasteiger partial charge in [-0.05, 0) is 12.8 Å². The monoisotopic (exact) mass is 225 g/mol. The first kappa shape index (κ1) is 12.7. The van der Waals surface area contributed by atoms with Crippen molar-refractivity contribution in [3.05, 3.63) is 12.3 Å². The van der Waals surface area contributed by atoms with Crippen molar-refractivity contribution in [1.82, 2.24) is 9.97 Å². The Morgan fingerprint density at radius 3 is 2.62 bits per heavy atom. The van der Waals surface area contributed by atoms with Gasteiger partial charge in [-0.2, -0.15) is 4.98 Å². The lowest BCUT2D eigenvalue weighted by Gasteiger charge is -2.25. The molecule has 0 saturated heterocycles. The van der Waals surface area contributed by atoms with Gasteiger partial charge in [-0.25, -0.2) is 4.98 Å². The standard InChI is InChI=1S/C11H19N3O2/c1-4-11(12,5-2)8-16-10-13-7-6-9(14-10)15-3/h6-7H,4-5,8,12H2,1-3H3. The van der Waals surface area contributed by atoms with Crippen molar-refractivity contribution in [3.63, 3.8) is 0 Å². The molecule has 0 amide bonds. The number of hydrogen-bond acceptors (Lipinski definition) is 5. The molecule has 90 valence electrons. The first-order chi connectivity index (χ1) is 7.63. The molecule has 0 aliphatic rings. The van der Waals surface area contributed by atoms with Gasteiger partial charge in [0, 0.05) is 17.8 Å². The first-order valence-electron chi connectivity index (χ1n) is 5.42. The lowest BCUT2D eigenvalue weighted by atomic mass is 9.96. The maximum atomic E-state index is 6.10. The Bertz CT molecular complexity index is 327. The van der Waals surface area contributed by atoms with E-state index in [9.17, 15) is 0 Å². The topological polar surface area (TPSA) is 70.3 Å². The van der Waals surface area contributed by atoms with Crippen molar-refractivity contribution in [2.24, 2.45) is 5.73 Å². The van der Waals surface area contributed by atoms with Gasteiger partial charge in [0.1, 0.15) is 6.61 Å². The Morgan fingerprint density at radius 2 is 2.06 bits per heavy atom. The average molecular weight is 225 g/mol. The molecule has 1 aromatic rings. The molecule has 0 aliphatic heterocycles. The third-order valence-electron chi connectivity index (χ3n) is 2.71. The molecule has 1 heterocycles. The Labute approximate surface area is 96.0 Å². The zero-order valence-corrected chi connectivity index (χ0v) is 10.1. The lowest BCUT2D eigenvalue weighted by molar-refractivity contribution is 0.192. The minimum Gasteiger partial charge on any atom is -0.481 e. The number of ether oxygens (including phenoxy) is 2. The molecule has 0 unspecified atom stereocenters. The van der Waals surface area contributed by atoms with Gasteiger partial charge >= 0.3 is 6.01 Å². The van der Waals surface area contributed by atoms with Crippen LogP contribution in [0.15, 0.2) is 12.3 Å². The van der Waals surface area contributed by atoms with Crippen LogP contribution in [-0.4, -0.2) is 29.2 Å². The van der Waals surface area contributed by atoms with Gasteiger partial charge < -0.3 is 15.2 Å². The summed E-state index contributed by atoms with van der Waals surface area (Å²) in [4.78, 5) is 8.04. The summed E-state index contributed by atoms with van der Waals surface area (Å²) in [5.41, 5.74) is 5.79. The molecule has 1 rings (SSSR count). The van der Waals surface area contributed by atoms with E-state index in [0.29, 0.717) is 18.5 Å². The fraction of sp³-hybridized carbons (Fsp3) is 0.636. The molecule has 0 bridgehead atoms. The van der Waals surface area contributed by atoms with Crippen LogP contribution in [0.25, 0.3) is 0 Å². The summed E-state index contributed by atoms with van der Waals surface area (Å²) in [6, 6.07) is 1.97. The Hall–Kier alpha value is -1.36. The van der Waals surface area contributed by atoms with Crippen LogP contribution in [0, 0.1) is 0 Å². The van der Waals surface area contributed by atoms with Gasteiger partial charge in [-0.1, -0.05) is 13.8 Å². The fourth-order valence-electron chi connectivity index (χ4n) is 1.17. The predicted octanol–water partition coefficient (Wildman–Crippen LogP) is 1.38. The van der Waals surface area contributed by atoms with Crippen LogP contribution in [0.4, 0.5) is 0 Å². The fourth-order valence-corrected chi connectivity index (χ4v) is 1.17. The summed E-state index contributed by atoms with van der Waals surface area (Å²) in [5, 5.41) is 0. The van der Waals surface area contributed by atoms with Crippen molar-refractivity contribution in [1.29, 1.82) is 0 Å². The Kier molecular flexibility index (Phi) is 4.49. The summed E-state index contributed by atoms with van der Waals surface area (Å²) in [5.74, 6) is 0.487. The number of methoxy groups -OCH3 is 1. The third kappa shape index (κ3) is 3.34. The second kappa shape index (κ2) is 5.65. The molecule has 0 atom stereocenters. The van der Waals surface area contributed by atoms with E-state index in [1.54, 1.807) is 19.4 Å². The molecule has 1 aromatic heterocycles. The first-order valence-corrected chi connectivity index (χ1v) is 5.42. The SMILES string of the molecule is CCC(N)(CC)COc1nccc(OC)n1. The van der Waals surface area contributed by atoms with Gasteiger partial charge in [0.15, 0.2) is 0 Å².